The highest BCUT2D eigenvalue weighted by Crippen LogP contribution is 2.19. The van der Waals surface area contributed by atoms with Gasteiger partial charge in [-0.1, -0.05) is 11.6 Å². The number of halogens is 1. The molecule has 20 heavy (non-hydrogen) atoms. The molecule has 1 aliphatic heterocycles. The van der Waals surface area contributed by atoms with Crippen molar-refractivity contribution in [1.29, 1.82) is 0 Å². The van der Waals surface area contributed by atoms with Gasteiger partial charge in [0, 0.05) is 24.5 Å². The van der Waals surface area contributed by atoms with Gasteiger partial charge >= 0.3 is 5.97 Å². The first kappa shape index (κ1) is 15.1. The van der Waals surface area contributed by atoms with Gasteiger partial charge in [-0.2, -0.15) is 0 Å². The second kappa shape index (κ2) is 6.92. The van der Waals surface area contributed by atoms with E-state index in [9.17, 15) is 9.90 Å². The number of hydrogen-bond donors (Lipinski definition) is 1. The molecule has 0 spiro atoms. The molecule has 1 fully saturated rings. The Labute approximate surface area is 123 Å². The molecule has 0 bridgehead atoms. The molecule has 0 aliphatic carbocycles. The van der Waals surface area contributed by atoms with Gasteiger partial charge < -0.3 is 14.6 Å². The van der Waals surface area contributed by atoms with Crippen LogP contribution in [0.5, 0.6) is 5.75 Å². The van der Waals surface area contributed by atoms with E-state index in [4.69, 9.17) is 21.1 Å². The lowest BCUT2D eigenvalue weighted by atomic mass is 10.2. The van der Waals surface area contributed by atoms with Gasteiger partial charge in [-0.15, -0.1) is 0 Å². The highest BCUT2D eigenvalue weighted by molar-refractivity contribution is 6.30. The lowest BCUT2D eigenvalue weighted by Crippen LogP contribution is -2.39. The van der Waals surface area contributed by atoms with Crippen LogP contribution in [-0.2, 0) is 9.53 Å². The lowest BCUT2D eigenvalue weighted by molar-refractivity contribution is -0.146. The number of esters is 1. The Hall–Kier alpha value is -1.30. The van der Waals surface area contributed by atoms with E-state index >= 15 is 0 Å². The number of likely N-dealkylation sites (tertiary alicyclic amines) is 1. The zero-order valence-electron chi connectivity index (χ0n) is 11.3. The topological polar surface area (TPSA) is 59.0 Å². The van der Waals surface area contributed by atoms with Gasteiger partial charge in [0.15, 0.2) is 0 Å². The van der Waals surface area contributed by atoms with Crippen molar-refractivity contribution < 1.29 is 19.4 Å². The molecule has 0 unspecified atom stereocenters. The predicted molar refractivity (Wildman–Crippen MR) is 74.9 cm³/mol. The maximum absolute atomic E-state index is 11.6. The number of β-amino-alcohol motifs (C(OH)–C–C–N with tert-alkyl or cyclic N) is 1. The van der Waals surface area contributed by atoms with Crippen molar-refractivity contribution in [3.05, 3.63) is 29.3 Å². The highest BCUT2D eigenvalue weighted by atomic mass is 35.5. The van der Waals surface area contributed by atoms with Gasteiger partial charge in [0.05, 0.1) is 13.2 Å². The van der Waals surface area contributed by atoms with E-state index in [1.54, 1.807) is 24.3 Å². The summed E-state index contributed by atoms with van der Waals surface area (Å²) in [5, 5.41) is 10.3. The molecule has 0 saturated carbocycles. The fraction of sp³-hybridized carbons (Fsp3) is 0.500. The lowest BCUT2D eigenvalue weighted by Gasteiger charge is -2.21. The zero-order valence-corrected chi connectivity index (χ0v) is 12.0. The molecule has 0 amide bonds. The fourth-order valence-electron chi connectivity index (χ4n) is 2.32. The van der Waals surface area contributed by atoms with E-state index in [-0.39, 0.29) is 12.0 Å². The Balaban J connectivity index is 1.83. The van der Waals surface area contributed by atoms with E-state index in [0.29, 0.717) is 31.1 Å². The molecule has 1 aromatic carbocycles. The first-order chi connectivity index (χ1) is 9.60. The Bertz CT molecular complexity index is 451. The Morgan fingerprint density at radius 1 is 1.45 bits per heavy atom. The number of nitrogens with zero attached hydrogens (tertiary/aromatic N) is 1. The Morgan fingerprint density at radius 3 is 2.80 bits per heavy atom. The average molecular weight is 300 g/mol. The monoisotopic (exact) mass is 299 g/mol. The summed E-state index contributed by atoms with van der Waals surface area (Å²) in [5.74, 6) is 0.414. The maximum atomic E-state index is 11.6. The number of rotatable bonds is 5. The van der Waals surface area contributed by atoms with Crippen LogP contribution in [0.1, 0.15) is 6.42 Å². The van der Waals surface area contributed by atoms with E-state index in [1.165, 1.54) is 7.11 Å². The third kappa shape index (κ3) is 3.85. The fourth-order valence-corrected chi connectivity index (χ4v) is 2.45. The minimum Gasteiger partial charge on any atom is -0.492 e. The van der Waals surface area contributed by atoms with Crippen LogP contribution in [0.2, 0.25) is 5.02 Å². The number of hydrogen-bond acceptors (Lipinski definition) is 5. The van der Waals surface area contributed by atoms with Crippen LogP contribution in [0.25, 0.3) is 0 Å². The van der Waals surface area contributed by atoms with Crippen molar-refractivity contribution in [2.45, 2.75) is 18.6 Å². The van der Waals surface area contributed by atoms with E-state index in [0.717, 1.165) is 5.75 Å². The minimum absolute atomic E-state index is 0.312. The third-order valence-corrected chi connectivity index (χ3v) is 3.57. The summed E-state index contributed by atoms with van der Waals surface area (Å²) in [6, 6.07) is 6.71. The molecule has 1 saturated heterocycles. The van der Waals surface area contributed by atoms with E-state index < -0.39 is 6.10 Å². The number of carbonyl (C=O) groups excluding carboxylic acids is 1. The Morgan fingerprint density at radius 2 is 2.15 bits per heavy atom. The largest absolute Gasteiger partial charge is 0.492 e. The van der Waals surface area contributed by atoms with Crippen molar-refractivity contribution in [1.82, 2.24) is 4.90 Å². The van der Waals surface area contributed by atoms with E-state index in [1.807, 2.05) is 4.90 Å². The highest BCUT2D eigenvalue weighted by Gasteiger charge is 2.36. The molecule has 5 nitrogen and oxygen atoms in total. The van der Waals surface area contributed by atoms with Gasteiger partial charge in [-0.05, 0) is 24.3 Å². The molecule has 1 N–H and O–H groups in total. The average Bonchev–Trinajstić information content (AvgIpc) is 2.81. The minimum atomic E-state index is -0.491. The van der Waals surface area contributed by atoms with Gasteiger partial charge in [0.2, 0.25) is 0 Å². The number of aliphatic hydroxyl groups is 1. The predicted octanol–water partition coefficient (Wildman–Crippen LogP) is 1.33. The number of carbonyl (C=O) groups is 1. The van der Waals surface area contributed by atoms with Crippen LogP contribution in [0.3, 0.4) is 0 Å². The smallest absolute Gasteiger partial charge is 0.323 e. The molecule has 1 aliphatic rings. The van der Waals surface area contributed by atoms with Gasteiger partial charge in [0.1, 0.15) is 18.4 Å². The van der Waals surface area contributed by atoms with Crippen molar-refractivity contribution in [3.8, 4) is 5.75 Å². The second-order valence-electron chi connectivity index (χ2n) is 4.73. The number of methoxy groups -OCH3 is 1. The first-order valence-electron chi connectivity index (χ1n) is 6.48. The molecule has 110 valence electrons. The summed E-state index contributed by atoms with van der Waals surface area (Å²) in [7, 11) is 1.36. The summed E-state index contributed by atoms with van der Waals surface area (Å²) in [5.41, 5.74) is 0. The van der Waals surface area contributed by atoms with Crippen LogP contribution >= 0.6 is 11.6 Å². The van der Waals surface area contributed by atoms with Crippen LogP contribution in [0.4, 0.5) is 0 Å². The molecule has 1 heterocycles. The summed E-state index contributed by atoms with van der Waals surface area (Å²) in [6.07, 6.45) is -0.0807. The van der Waals surface area contributed by atoms with Crippen LogP contribution in [-0.4, -0.2) is 54.9 Å². The van der Waals surface area contributed by atoms with Crippen molar-refractivity contribution >= 4 is 17.6 Å². The van der Waals surface area contributed by atoms with E-state index in [2.05, 4.69) is 0 Å². The normalized spacial score (nSPS) is 22.8. The van der Waals surface area contributed by atoms with Crippen molar-refractivity contribution in [2.75, 3.05) is 26.8 Å². The molecule has 2 atom stereocenters. The molecular weight excluding hydrogens is 282 g/mol. The quantitative estimate of drug-likeness (QED) is 0.831. The number of benzene rings is 1. The summed E-state index contributed by atoms with van der Waals surface area (Å²) < 4.78 is 10.3. The standard InChI is InChI=1S/C14H18ClNO4/c1-19-14(18)13-8-11(17)9-16(13)6-7-20-12-4-2-10(15)3-5-12/h2-5,11,13,17H,6-9H2,1H3/t11-,13-/m1/s1. The number of aliphatic hydroxyl groups excluding tert-OH is 1. The van der Waals surface area contributed by atoms with Crippen LogP contribution < -0.4 is 4.74 Å². The van der Waals surface area contributed by atoms with Gasteiger partial charge in [-0.3, -0.25) is 9.69 Å². The maximum Gasteiger partial charge on any atom is 0.323 e. The molecule has 6 heteroatoms. The summed E-state index contributed by atoms with van der Waals surface area (Å²) in [6.45, 7) is 1.45. The molecular formula is C14H18ClNO4. The van der Waals surface area contributed by atoms with Crippen molar-refractivity contribution in [3.63, 3.8) is 0 Å². The van der Waals surface area contributed by atoms with Crippen LogP contribution in [0.15, 0.2) is 24.3 Å². The molecule has 0 aromatic heterocycles. The van der Waals surface area contributed by atoms with Crippen molar-refractivity contribution in [2.24, 2.45) is 0 Å². The Kier molecular flexibility index (Phi) is 5.23. The summed E-state index contributed by atoms with van der Waals surface area (Å²) >= 11 is 5.79. The number of ether oxygens (including phenoxy) is 2. The summed E-state index contributed by atoms with van der Waals surface area (Å²) in [4.78, 5) is 13.5. The van der Waals surface area contributed by atoms with Gasteiger partial charge in [-0.25, -0.2) is 0 Å². The third-order valence-electron chi connectivity index (χ3n) is 3.32. The molecule has 0 radical (unpaired) electrons. The second-order valence-corrected chi connectivity index (χ2v) is 5.16. The van der Waals surface area contributed by atoms with Crippen LogP contribution in [0, 0.1) is 0 Å². The van der Waals surface area contributed by atoms with Gasteiger partial charge in [0.25, 0.3) is 0 Å². The first-order valence-corrected chi connectivity index (χ1v) is 6.86. The zero-order chi connectivity index (χ0) is 14.5. The molecule has 1 aromatic rings. The SMILES string of the molecule is COC(=O)[C@H]1C[C@@H](O)CN1CCOc1ccc(Cl)cc1. The molecule has 2 rings (SSSR count).